The quantitative estimate of drug-likeness (QED) is 0.762. The molecule has 0 radical (unpaired) electrons. The first kappa shape index (κ1) is 17.6. The first-order chi connectivity index (χ1) is 12.4. The zero-order chi connectivity index (χ0) is 18.7. The van der Waals surface area contributed by atoms with Gasteiger partial charge in [-0.1, -0.05) is 0 Å². The Morgan fingerprint density at radius 3 is 2.58 bits per heavy atom. The van der Waals surface area contributed by atoms with Gasteiger partial charge in [0, 0.05) is 31.0 Å². The third kappa shape index (κ3) is 3.89. The molecule has 0 bridgehead atoms. The Bertz CT molecular complexity index is 958. The molecule has 0 fully saturated rings. The number of aromatic nitrogens is 3. The van der Waals surface area contributed by atoms with Gasteiger partial charge < -0.3 is 5.32 Å². The summed E-state index contributed by atoms with van der Waals surface area (Å²) in [4.78, 5) is 37.5. The van der Waals surface area contributed by atoms with Gasteiger partial charge >= 0.3 is 0 Å². The minimum Gasteiger partial charge on any atom is -0.311 e. The number of benzene rings is 1. The second kappa shape index (κ2) is 7.36. The fourth-order valence-electron chi connectivity index (χ4n) is 2.16. The number of anilines is 2. The summed E-state index contributed by atoms with van der Waals surface area (Å²) in [6.07, 6.45) is 1.33. The Kier molecular flexibility index (Phi) is 4.99. The molecule has 2 aromatic heterocycles. The van der Waals surface area contributed by atoms with Crippen LogP contribution in [0.25, 0.3) is 11.4 Å². The summed E-state index contributed by atoms with van der Waals surface area (Å²) in [5, 5.41) is 4.80. The number of carbonyl (C=O) groups is 2. The van der Waals surface area contributed by atoms with Gasteiger partial charge in [-0.05, 0) is 24.3 Å². The van der Waals surface area contributed by atoms with E-state index in [0.29, 0.717) is 27.9 Å². The molecule has 7 nitrogen and oxygen atoms in total. The molecule has 0 aliphatic carbocycles. The maximum Gasteiger partial charge on any atom is 0.259 e. The Hall–Kier alpha value is -3.20. The lowest BCUT2D eigenvalue weighted by atomic mass is 10.2. The number of carbonyl (C=O) groups excluding carboxylic acids is 2. The third-order valence-corrected chi connectivity index (χ3v) is 4.33. The molecule has 3 aromatic rings. The molecule has 132 valence electrons. The largest absolute Gasteiger partial charge is 0.311 e. The van der Waals surface area contributed by atoms with Crippen molar-refractivity contribution < 1.29 is 14.0 Å². The van der Waals surface area contributed by atoms with Crippen LogP contribution in [0.5, 0.6) is 0 Å². The summed E-state index contributed by atoms with van der Waals surface area (Å²) in [5.74, 6) is -0.571. The first-order valence-electron chi connectivity index (χ1n) is 7.53. The van der Waals surface area contributed by atoms with Crippen molar-refractivity contribution in [1.29, 1.82) is 0 Å². The highest BCUT2D eigenvalue weighted by Gasteiger charge is 2.17. The molecule has 0 unspecified atom stereocenters. The molecule has 1 aromatic carbocycles. The van der Waals surface area contributed by atoms with Crippen LogP contribution < -0.4 is 10.2 Å². The summed E-state index contributed by atoms with van der Waals surface area (Å²) >= 11 is 1.27. The Labute approximate surface area is 152 Å². The number of hydrogen-bond donors (Lipinski definition) is 1. The van der Waals surface area contributed by atoms with E-state index < -0.39 is 5.82 Å². The van der Waals surface area contributed by atoms with E-state index in [1.54, 1.807) is 18.5 Å². The molecule has 0 aliphatic rings. The number of rotatable bonds is 4. The van der Waals surface area contributed by atoms with Crippen molar-refractivity contribution in [2.45, 2.75) is 6.92 Å². The van der Waals surface area contributed by atoms with E-state index in [1.165, 1.54) is 53.8 Å². The van der Waals surface area contributed by atoms with Crippen LogP contribution >= 0.6 is 11.3 Å². The average Bonchev–Trinajstić information content (AvgIpc) is 3.11. The third-order valence-electron chi connectivity index (χ3n) is 3.41. The summed E-state index contributed by atoms with van der Waals surface area (Å²) in [5.41, 5.74) is 1.44. The molecule has 26 heavy (non-hydrogen) atoms. The smallest absolute Gasteiger partial charge is 0.259 e. The van der Waals surface area contributed by atoms with E-state index >= 15 is 0 Å². The first-order valence-corrected chi connectivity index (χ1v) is 8.41. The summed E-state index contributed by atoms with van der Waals surface area (Å²) in [6, 6.07) is 6.92. The molecular formula is C17H14FN5O2S. The number of hydrogen-bond acceptors (Lipinski definition) is 6. The van der Waals surface area contributed by atoms with E-state index in [0.717, 1.165) is 0 Å². The van der Waals surface area contributed by atoms with Crippen LogP contribution in [0.4, 0.5) is 15.3 Å². The molecule has 0 saturated heterocycles. The minimum atomic E-state index is -0.403. The van der Waals surface area contributed by atoms with Crippen LogP contribution in [-0.4, -0.2) is 33.8 Å². The van der Waals surface area contributed by atoms with Crippen LogP contribution in [0.1, 0.15) is 17.3 Å². The maximum atomic E-state index is 13.0. The molecule has 0 aliphatic heterocycles. The molecule has 0 atom stereocenters. The number of thiazole rings is 1. The Balaban J connectivity index is 1.82. The van der Waals surface area contributed by atoms with Crippen LogP contribution in [0.3, 0.4) is 0 Å². The van der Waals surface area contributed by atoms with Gasteiger partial charge in [0.2, 0.25) is 5.91 Å². The monoisotopic (exact) mass is 371 g/mol. The topological polar surface area (TPSA) is 88.1 Å². The Morgan fingerprint density at radius 2 is 1.88 bits per heavy atom. The van der Waals surface area contributed by atoms with Gasteiger partial charge in [-0.15, -0.1) is 11.3 Å². The molecule has 0 spiro atoms. The number of amides is 2. The number of nitrogens with zero attached hydrogens (tertiary/aromatic N) is 4. The van der Waals surface area contributed by atoms with E-state index in [9.17, 15) is 14.0 Å². The molecular weight excluding hydrogens is 357 g/mol. The van der Waals surface area contributed by atoms with Crippen LogP contribution in [0.15, 0.2) is 42.0 Å². The lowest BCUT2D eigenvalue weighted by Crippen LogP contribution is -2.26. The van der Waals surface area contributed by atoms with Crippen molar-refractivity contribution in [1.82, 2.24) is 15.0 Å². The maximum absolute atomic E-state index is 13.0. The zero-order valence-corrected chi connectivity index (χ0v) is 14.7. The van der Waals surface area contributed by atoms with Gasteiger partial charge in [0.25, 0.3) is 5.91 Å². The molecule has 9 heteroatoms. The van der Waals surface area contributed by atoms with Crippen LogP contribution in [-0.2, 0) is 4.79 Å². The SMILES string of the molecule is CC(=O)Nc1cc(-c2csc(N(C)C(=O)c3ccc(F)cc3)n2)ncn1. The normalized spacial score (nSPS) is 10.4. The highest BCUT2D eigenvalue weighted by atomic mass is 32.1. The second-order valence-corrected chi connectivity index (χ2v) is 6.19. The highest BCUT2D eigenvalue weighted by molar-refractivity contribution is 7.14. The van der Waals surface area contributed by atoms with Crippen molar-refractivity contribution in [3.05, 3.63) is 53.4 Å². The molecule has 2 heterocycles. The van der Waals surface area contributed by atoms with E-state index in [1.807, 2.05) is 0 Å². The lowest BCUT2D eigenvalue weighted by molar-refractivity contribution is -0.114. The number of halogens is 1. The summed E-state index contributed by atoms with van der Waals surface area (Å²) in [7, 11) is 1.59. The molecule has 0 saturated carbocycles. The van der Waals surface area contributed by atoms with Crippen molar-refractivity contribution in [3.8, 4) is 11.4 Å². The summed E-state index contributed by atoms with van der Waals surface area (Å²) < 4.78 is 13.0. The van der Waals surface area contributed by atoms with Gasteiger partial charge in [0.05, 0.1) is 5.69 Å². The fourth-order valence-corrected chi connectivity index (χ4v) is 2.94. The number of nitrogens with one attached hydrogen (secondary N) is 1. The molecule has 2 amide bonds. The average molecular weight is 371 g/mol. The van der Waals surface area contributed by atoms with Crippen molar-refractivity contribution in [2.75, 3.05) is 17.3 Å². The van der Waals surface area contributed by atoms with Gasteiger partial charge in [0.1, 0.15) is 23.7 Å². The van der Waals surface area contributed by atoms with Gasteiger partial charge in [-0.3, -0.25) is 14.5 Å². The highest BCUT2D eigenvalue weighted by Crippen LogP contribution is 2.27. The molecule has 3 rings (SSSR count). The second-order valence-electron chi connectivity index (χ2n) is 5.36. The van der Waals surface area contributed by atoms with Gasteiger partial charge in [-0.25, -0.2) is 19.3 Å². The van der Waals surface area contributed by atoms with Crippen LogP contribution in [0, 0.1) is 5.82 Å². The van der Waals surface area contributed by atoms with E-state index in [-0.39, 0.29) is 11.8 Å². The van der Waals surface area contributed by atoms with Crippen molar-refractivity contribution in [2.24, 2.45) is 0 Å². The minimum absolute atomic E-state index is 0.238. The van der Waals surface area contributed by atoms with E-state index in [2.05, 4.69) is 20.3 Å². The predicted octanol–water partition coefficient (Wildman–Crippen LogP) is 2.97. The lowest BCUT2D eigenvalue weighted by Gasteiger charge is -2.13. The zero-order valence-electron chi connectivity index (χ0n) is 13.9. The van der Waals surface area contributed by atoms with Crippen LogP contribution in [0.2, 0.25) is 0 Å². The predicted molar refractivity (Wildman–Crippen MR) is 96.6 cm³/mol. The van der Waals surface area contributed by atoms with Gasteiger partial charge in [0.15, 0.2) is 5.13 Å². The Morgan fingerprint density at radius 1 is 1.15 bits per heavy atom. The standard InChI is InChI=1S/C17H14FN5O2S/c1-10(24)21-15-7-13(19-9-20-15)14-8-26-17(22-14)23(2)16(25)11-3-5-12(18)6-4-11/h3-9H,1-2H3,(H,19,20,21,24). The molecule has 1 N–H and O–H groups in total. The fraction of sp³-hybridized carbons (Fsp3) is 0.118. The van der Waals surface area contributed by atoms with Gasteiger partial charge in [-0.2, -0.15) is 0 Å². The van der Waals surface area contributed by atoms with Crippen molar-refractivity contribution in [3.63, 3.8) is 0 Å². The van der Waals surface area contributed by atoms with Crippen molar-refractivity contribution >= 4 is 34.1 Å². The summed E-state index contributed by atoms with van der Waals surface area (Å²) in [6.45, 7) is 1.39. The van der Waals surface area contributed by atoms with E-state index in [4.69, 9.17) is 0 Å².